The van der Waals surface area contributed by atoms with Gasteiger partial charge in [0.15, 0.2) is 0 Å². The Balaban J connectivity index is 1.39. The van der Waals surface area contributed by atoms with Gasteiger partial charge in [0.2, 0.25) is 0 Å². The number of hydrogen-bond acceptors (Lipinski definition) is 4. The zero-order valence-corrected chi connectivity index (χ0v) is 15.8. The van der Waals surface area contributed by atoms with Crippen molar-refractivity contribution in [1.82, 2.24) is 9.80 Å². The molecule has 1 aliphatic carbocycles. The van der Waals surface area contributed by atoms with Gasteiger partial charge >= 0.3 is 5.97 Å². The number of ether oxygens (including phenoxy) is 1. The molecule has 0 unspecified atom stereocenters. The van der Waals surface area contributed by atoms with Crippen LogP contribution in [0, 0.1) is 5.41 Å². The van der Waals surface area contributed by atoms with Crippen molar-refractivity contribution in [3.8, 4) is 0 Å². The predicted molar refractivity (Wildman–Crippen MR) is 97.0 cm³/mol. The molecule has 3 fully saturated rings. The van der Waals surface area contributed by atoms with Crippen LogP contribution in [0.1, 0.15) is 71.6 Å². The summed E-state index contributed by atoms with van der Waals surface area (Å²) in [5.74, 6) is 0.0552. The summed E-state index contributed by atoms with van der Waals surface area (Å²) in [5, 5.41) is 0. The Morgan fingerprint density at radius 1 is 1.04 bits per heavy atom. The Kier molecular flexibility index (Phi) is 6.20. The van der Waals surface area contributed by atoms with E-state index in [9.17, 15) is 4.79 Å². The molecule has 1 atom stereocenters. The zero-order chi connectivity index (χ0) is 17.0. The summed E-state index contributed by atoms with van der Waals surface area (Å²) in [6.45, 7) is 10.1. The zero-order valence-electron chi connectivity index (χ0n) is 15.8. The molecule has 2 saturated heterocycles. The summed E-state index contributed by atoms with van der Waals surface area (Å²) in [7, 11) is 0. The number of rotatable bonds is 6. The maximum atomic E-state index is 12.2. The van der Waals surface area contributed by atoms with Gasteiger partial charge in [-0.25, -0.2) is 0 Å². The van der Waals surface area contributed by atoms with Crippen LogP contribution in [0.2, 0.25) is 0 Å². The maximum absolute atomic E-state index is 12.2. The van der Waals surface area contributed by atoms with E-state index < -0.39 is 0 Å². The van der Waals surface area contributed by atoms with Crippen molar-refractivity contribution >= 4 is 5.97 Å². The molecule has 24 heavy (non-hydrogen) atoms. The van der Waals surface area contributed by atoms with Gasteiger partial charge in [0.05, 0.1) is 5.41 Å². The summed E-state index contributed by atoms with van der Waals surface area (Å²) in [6, 6.07) is 0.853. The van der Waals surface area contributed by atoms with E-state index in [2.05, 4.69) is 23.6 Å². The fourth-order valence-corrected chi connectivity index (χ4v) is 4.95. The molecular weight excluding hydrogens is 300 g/mol. The molecule has 0 N–H and O–H groups in total. The Labute approximate surface area is 147 Å². The molecule has 0 spiro atoms. The predicted octanol–water partition coefficient (Wildman–Crippen LogP) is 3.45. The van der Waals surface area contributed by atoms with E-state index in [1.54, 1.807) is 0 Å². The lowest BCUT2D eigenvalue weighted by atomic mass is 9.79. The van der Waals surface area contributed by atoms with Gasteiger partial charge in [-0.05, 0) is 32.1 Å². The Bertz CT molecular complexity index is 408. The SMILES string of the molecule is CCC1(CC)C[C@H](CCN2CCN(C3CCCCC3)CC2)OC1=O. The smallest absolute Gasteiger partial charge is 0.312 e. The second kappa shape index (κ2) is 8.18. The molecule has 0 bridgehead atoms. The molecule has 2 aliphatic heterocycles. The Hall–Kier alpha value is -0.610. The fourth-order valence-electron chi connectivity index (χ4n) is 4.95. The van der Waals surface area contributed by atoms with Crippen LogP contribution in [0.3, 0.4) is 0 Å². The van der Waals surface area contributed by atoms with Crippen LogP contribution in [0.25, 0.3) is 0 Å². The molecule has 2 heterocycles. The molecule has 0 aromatic rings. The molecule has 0 amide bonds. The largest absolute Gasteiger partial charge is 0.462 e. The quantitative estimate of drug-likeness (QED) is 0.696. The van der Waals surface area contributed by atoms with Gasteiger partial charge in [-0.15, -0.1) is 0 Å². The van der Waals surface area contributed by atoms with E-state index in [-0.39, 0.29) is 17.5 Å². The number of piperazine rings is 1. The van der Waals surface area contributed by atoms with Crippen LogP contribution >= 0.6 is 0 Å². The van der Waals surface area contributed by atoms with Gasteiger partial charge in [0, 0.05) is 45.2 Å². The molecule has 0 aromatic carbocycles. The average molecular weight is 337 g/mol. The maximum Gasteiger partial charge on any atom is 0.312 e. The van der Waals surface area contributed by atoms with Gasteiger partial charge in [-0.2, -0.15) is 0 Å². The molecule has 3 rings (SSSR count). The molecular formula is C20H36N2O2. The van der Waals surface area contributed by atoms with Crippen molar-refractivity contribution < 1.29 is 9.53 Å². The first kappa shape index (κ1) is 18.2. The first-order valence-corrected chi connectivity index (χ1v) is 10.3. The second-order valence-electron chi connectivity index (χ2n) is 8.18. The molecule has 4 heteroatoms. The number of cyclic esters (lactones) is 1. The van der Waals surface area contributed by atoms with E-state index in [1.165, 1.54) is 58.3 Å². The summed E-state index contributed by atoms with van der Waals surface area (Å²) in [5.41, 5.74) is -0.190. The highest BCUT2D eigenvalue weighted by Gasteiger charge is 2.46. The normalized spacial score (nSPS) is 29.8. The third kappa shape index (κ3) is 3.96. The molecule has 3 aliphatic rings. The highest BCUT2D eigenvalue weighted by Crippen LogP contribution is 2.41. The minimum Gasteiger partial charge on any atom is -0.462 e. The fraction of sp³-hybridized carbons (Fsp3) is 0.950. The molecule has 0 aromatic heterocycles. The van der Waals surface area contributed by atoms with Crippen molar-refractivity contribution in [3.63, 3.8) is 0 Å². The standard InChI is InChI=1S/C20H36N2O2/c1-3-20(4-2)16-18(24-19(20)23)10-11-21-12-14-22(15-13-21)17-8-6-5-7-9-17/h17-18H,3-16H2,1-2H3/t18-/m0/s1. The summed E-state index contributed by atoms with van der Waals surface area (Å²) >= 11 is 0. The molecule has 138 valence electrons. The van der Waals surface area contributed by atoms with Crippen LogP contribution in [-0.4, -0.2) is 60.6 Å². The van der Waals surface area contributed by atoms with Crippen LogP contribution < -0.4 is 0 Å². The van der Waals surface area contributed by atoms with Crippen molar-refractivity contribution in [2.45, 2.75) is 83.8 Å². The molecule has 1 saturated carbocycles. The first-order chi connectivity index (χ1) is 11.7. The average Bonchev–Trinajstić information content (AvgIpc) is 2.97. The number of carbonyl (C=O) groups is 1. The lowest BCUT2D eigenvalue weighted by Gasteiger charge is -2.41. The number of nitrogens with zero attached hydrogens (tertiary/aromatic N) is 2. The van der Waals surface area contributed by atoms with Gasteiger partial charge in [-0.3, -0.25) is 9.69 Å². The number of esters is 1. The van der Waals surface area contributed by atoms with Crippen molar-refractivity contribution in [2.24, 2.45) is 5.41 Å². The van der Waals surface area contributed by atoms with Crippen LogP contribution in [0.5, 0.6) is 0 Å². The van der Waals surface area contributed by atoms with Crippen molar-refractivity contribution in [3.05, 3.63) is 0 Å². The van der Waals surface area contributed by atoms with Crippen LogP contribution in [-0.2, 0) is 9.53 Å². The summed E-state index contributed by atoms with van der Waals surface area (Å²) in [6.07, 6.45) is 11.0. The lowest BCUT2D eigenvalue weighted by Crippen LogP contribution is -2.51. The Morgan fingerprint density at radius 2 is 1.71 bits per heavy atom. The minimum absolute atomic E-state index is 0.0552. The van der Waals surface area contributed by atoms with Gasteiger partial charge in [-0.1, -0.05) is 33.1 Å². The molecule has 4 nitrogen and oxygen atoms in total. The summed E-state index contributed by atoms with van der Waals surface area (Å²) in [4.78, 5) is 17.5. The van der Waals surface area contributed by atoms with Gasteiger partial charge in [0.1, 0.15) is 6.10 Å². The number of hydrogen-bond donors (Lipinski definition) is 0. The second-order valence-corrected chi connectivity index (χ2v) is 8.18. The van der Waals surface area contributed by atoms with E-state index in [4.69, 9.17) is 4.74 Å². The summed E-state index contributed by atoms with van der Waals surface area (Å²) < 4.78 is 5.69. The van der Waals surface area contributed by atoms with Crippen molar-refractivity contribution in [2.75, 3.05) is 32.7 Å². The van der Waals surface area contributed by atoms with Crippen LogP contribution in [0.4, 0.5) is 0 Å². The highest BCUT2D eigenvalue weighted by molar-refractivity contribution is 5.78. The van der Waals surface area contributed by atoms with E-state index in [1.807, 2.05) is 0 Å². The monoisotopic (exact) mass is 336 g/mol. The van der Waals surface area contributed by atoms with Gasteiger partial charge < -0.3 is 9.64 Å². The van der Waals surface area contributed by atoms with E-state index >= 15 is 0 Å². The topological polar surface area (TPSA) is 32.8 Å². The highest BCUT2D eigenvalue weighted by atomic mass is 16.6. The van der Waals surface area contributed by atoms with Crippen LogP contribution in [0.15, 0.2) is 0 Å². The lowest BCUT2D eigenvalue weighted by molar-refractivity contribution is -0.149. The molecule has 0 radical (unpaired) electrons. The van der Waals surface area contributed by atoms with Gasteiger partial charge in [0.25, 0.3) is 0 Å². The minimum atomic E-state index is -0.190. The Morgan fingerprint density at radius 3 is 2.29 bits per heavy atom. The van der Waals surface area contributed by atoms with Crippen molar-refractivity contribution in [1.29, 1.82) is 0 Å². The van der Waals surface area contributed by atoms with E-state index in [0.29, 0.717) is 0 Å². The first-order valence-electron chi connectivity index (χ1n) is 10.3. The third-order valence-corrected chi connectivity index (χ3v) is 6.94. The third-order valence-electron chi connectivity index (χ3n) is 6.94. The number of carbonyl (C=O) groups excluding carboxylic acids is 1. The van der Waals surface area contributed by atoms with E-state index in [0.717, 1.165) is 38.3 Å².